The van der Waals surface area contributed by atoms with Crippen molar-refractivity contribution in [1.82, 2.24) is 0 Å². The molecule has 0 atom stereocenters. The maximum absolute atomic E-state index is 10.0. The monoisotopic (exact) mass is 756 g/mol. The molecule has 226 valence electrons. The van der Waals surface area contributed by atoms with Gasteiger partial charge in [0.25, 0.3) is 0 Å². The van der Waals surface area contributed by atoms with E-state index in [2.05, 4.69) is 62.3 Å². The maximum atomic E-state index is 10.0. The molecule has 0 aliphatic heterocycles. The molecule has 8 heteroatoms. The summed E-state index contributed by atoms with van der Waals surface area (Å²) in [4.78, 5) is 30.1. The van der Waals surface area contributed by atoms with Gasteiger partial charge in [0.2, 0.25) is 0 Å². The number of aliphatic carboxylic acids is 3. The van der Waals surface area contributed by atoms with E-state index in [-0.39, 0.29) is 59.0 Å². The van der Waals surface area contributed by atoms with Gasteiger partial charge in [-0.2, -0.15) is 13.5 Å². The first kappa shape index (κ1) is 47.4. The van der Waals surface area contributed by atoms with Gasteiger partial charge in [0.1, 0.15) is 0 Å². The summed E-state index contributed by atoms with van der Waals surface area (Å²) >= 11 is 0. The first-order chi connectivity index (χ1) is 16.2. The van der Waals surface area contributed by atoms with Crippen molar-refractivity contribution in [1.29, 1.82) is 0 Å². The molecule has 0 aromatic heterocycles. The van der Waals surface area contributed by atoms with Gasteiger partial charge in [0.15, 0.2) is 0 Å². The van der Waals surface area contributed by atoms with Crippen LogP contribution in [0.4, 0.5) is 0 Å². The van der Waals surface area contributed by atoms with Gasteiger partial charge < -0.3 is 29.7 Å². The average molecular weight is 757 g/mol. The van der Waals surface area contributed by atoms with Gasteiger partial charge in [-0.15, -0.1) is 0 Å². The number of hydrogen-bond acceptors (Lipinski definition) is 6. The second kappa shape index (κ2) is 26.8. The van der Waals surface area contributed by atoms with E-state index in [4.69, 9.17) is 0 Å². The Bertz CT molecular complexity index is 494. The van der Waals surface area contributed by atoms with Crippen LogP contribution >= 0.6 is 13.5 Å². The van der Waals surface area contributed by atoms with E-state index in [0.29, 0.717) is 16.2 Å². The van der Waals surface area contributed by atoms with Crippen LogP contribution < -0.4 is 15.3 Å². The molecule has 0 aromatic rings. The molecular formula is C30H59BiO6S. The number of rotatable bonds is 15. The molecule has 0 unspecified atom stereocenters. The van der Waals surface area contributed by atoms with Crippen molar-refractivity contribution in [3.05, 3.63) is 0 Å². The van der Waals surface area contributed by atoms with Gasteiger partial charge in [-0.05, 0) is 74.0 Å². The first-order valence-electron chi connectivity index (χ1n) is 13.8. The number of carbonyl (C=O) groups is 3. The SMILES string of the molecule is CC(C)(C)CCCCCC(=O)[O-].CC(C)(C)CCCCCC(=O)[O-].CC(C)(C)CCCCCC(=O)[O-].S.[Bi+3]. The van der Waals surface area contributed by atoms with Crippen LogP contribution in [0.1, 0.15) is 159 Å². The minimum atomic E-state index is -0.925. The molecular weight excluding hydrogens is 697 g/mol. The van der Waals surface area contributed by atoms with E-state index in [1.165, 1.54) is 19.3 Å². The number of unbranched alkanes of at least 4 members (excludes halogenated alkanes) is 6. The molecule has 0 aromatic carbocycles. The summed E-state index contributed by atoms with van der Waals surface area (Å²) in [5.41, 5.74) is 1.13. The normalized spacial score (nSPS) is 11.0. The Labute approximate surface area is 261 Å². The smallest absolute Gasteiger partial charge is 0.550 e. The molecule has 38 heavy (non-hydrogen) atoms. The van der Waals surface area contributed by atoms with Gasteiger partial charge in [0, 0.05) is 17.9 Å². The Kier molecular flexibility index (Phi) is 33.5. The second-order valence-electron chi connectivity index (χ2n) is 13.5. The molecule has 0 N–H and O–H groups in total. The van der Waals surface area contributed by atoms with Gasteiger partial charge in [-0.25, -0.2) is 0 Å². The Morgan fingerprint density at radius 2 is 0.605 bits per heavy atom. The molecule has 0 saturated carbocycles. The van der Waals surface area contributed by atoms with Gasteiger partial charge >= 0.3 is 26.2 Å². The van der Waals surface area contributed by atoms with E-state index in [9.17, 15) is 29.7 Å². The zero-order valence-corrected chi connectivity index (χ0v) is 30.5. The molecule has 0 bridgehead atoms. The van der Waals surface area contributed by atoms with Crippen LogP contribution in [0, 0.1) is 16.2 Å². The molecule has 0 heterocycles. The van der Waals surface area contributed by atoms with Crippen LogP contribution in [0.5, 0.6) is 0 Å². The van der Waals surface area contributed by atoms with Crippen LogP contribution in [-0.4, -0.2) is 44.1 Å². The van der Waals surface area contributed by atoms with Crippen molar-refractivity contribution >= 4 is 57.6 Å². The van der Waals surface area contributed by atoms with Crippen molar-refractivity contribution in [3.8, 4) is 0 Å². The van der Waals surface area contributed by atoms with Gasteiger partial charge in [-0.3, -0.25) is 0 Å². The number of carboxylic acids is 3. The van der Waals surface area contributed by atoms with Gasteiger partial charge in [0.05, 0.1) is 0 Å². The first-order valence-corrected chi connectivity index (χ1v) is 13.8. The van der Waals surface area contributed by atoms with Crippen LogP contribution in [0.15, 0.2) is 0 Å². The van der Waals surface area contributed by atoms with Gasteiger partial charge in [-0.1, -0.05) is 101 Å². The minimum absolute atomic E-state index is 0. The maximum Gasteiger partial charge on any atom is 3.00 e. The summed E-state index contributed by atoms with van der Waals surface area (Å²) in [6.45, 7) is 19.8. The summed E-state index contributed by atoms with van der Waals surface area (Å²) in [6, 6.07) is 0. The Hall–Kier alpha value is -0.357. The summed E-state index contributed by atoms with van der Waals surface area (Å²) in [5.74, 6) is -2.78. The number of hydrogen-bond donors (Lipinski definition) is 0. The third kappa shape index (κ3) is 60.3. The Morgan fingerprint density at radius 3 is 0.737 bits per heavy atom. The van der Waals surface area contributed by atoms with E-state index in [1.54, 1.807) is 0 Å². The van der Waals surface area contributed by atoms with Crippen molar-refractivity contribution in [3.63, 3.8) is 0 Å². The third-order valence-electron chi connectivity index (χ3n) is 5.42. The molecule has 0 rings (SSSR count). The standard InChI is InChI=1S/3C10H20O2.Bi.H2S/c3*1-10(2,3)8-6-4-5-7-9(11)12;;/h3*4-8H2,1-3H3,(H,11,12);;1H2/q;;;+3;/p-3. The van der Waals surface area contributed by atoms with E-state index in [1.807, 2.05) is 0 Å². The zero-order chi connectivity index (χ0) is 28.8. The molecule has 0 spiro atoms. The molecule has 0 fully saturated rings. The van der Waals surface area contributed by atoms with Crippen molar-refractivity contribution < 1.29 is 29.7 Å². The van der Waals surface area contributed by atoms with Crippen LogP contribution in [-0.2, 0) is 14.4 Å². The molecule has 0 amide bonds. The van der Waals surface area contributed by atoms with Crippen molar-refractivity contribution in [2.24, 2.45) is 16.2 Å². The fourth-order valence-corrected chi connectivity index (χ4v) is 3.30. The molecule has 0 aliphatic carbocycles. The number of carbonyl (C=O) groups excluding carboxylic acids is 3. The van der Waals surface area contributed by atoms with Crippen LogP contribution in [0.3, 0.4) is 0 Å². The minimum Gasteiger partial charge on any atom is -0.550 e. The van der Waals surface area contributed by atoms with Crippen molar-refractivity contribution in [2.75, 3.05) is 0 Å². The topological polar surface area (TPSA) is 120 Å². The summed E-state index contributed by atoms with van der Waals surface area (Å²) in [7, 11) is 0. The van der Waals surface area contributed by atoms with E-state index < -0.39 is 17.9 Å². The second-order valence-corrected chi connectivity index (χ2v) is 13.5. The zero-order valence-electron chi connectivity index (χ0n) is 26.0. The average Bonchev–Trinajstić information content (AvgIpc) is 2.65. The predicted octanol–water partition coefficient (Wildman–Crippen LogP) is 4.93. The summed E-state index contributed by atoms with van der Waals surface area (Å²) < 4.78 is 0. The third-order valence-corrected chi connectivity index (χ3v) is 5.42. The largest absolute Gasteiger partial charge is 3.00 e. The van der Waals surface area contributed by atoms with Crippen LogP contribution in [0.2, 0.25) is 0 Å². The quantitative estimate of drug-likeness (QED) is 0.173. The Morgan fingerprint density at radius 1 is 0.421 bits per heavy atom. The fourth-order valence-electron chi connectivity index (χ4n) is 3.30. The van der Waals surface area contributed by atoms with E-state index in [0.717, 1.165) is 57.8 Å². The van der Waals surface area contributed by atoms with E-state index >= 15 is 0 Å². The fraction of sp³-hybridized carbons (Fsp3) is 0.900. The molecule has 6 nitrogen and oxygen atoms in total. The van der Waals surface area contributed by atoms with Crippen molar-refractivity contribution in [2.45, 2.75) is 159 Å². The predicted molar refractivity (Wildman–Crippen MR) is 159 cm³/mol. The number of carboxylic acid groups (broad SMARTS) is 3. The molecule has 2 radical (unpaired) electrons. The Balaban J connectivity index is -0.000000140. The molecule has 0 aliphatic rings. The van der Waals surface area contributed by atoms with Crippen LogP contribution in [0.25, 0.3) is 0 Å². The summed E-state index contributed by atoms with van der Waals surface area (Å²) in [6.07, 6.45) is 12.8. The summed E-state index contributed by atoms with van der Waals surface area (Å²) in [5, 5.41) is 30.1. The molecule has 0 saturated heterocycles.